The Balaban J connectivity index is 1.78. The van der Waals surface area contributed by atoms with Gasteiger partial charge in [0.2, 0.25) is 6.41 Å². The highest BCUT2D eigenvalue weighted by Gasteiger charge is 2.16. The molecular weight excluding hydrogens is 269 g/mol. The second-order valence-corrected chi connectivity index (χ2v) is 5.44. The first-order valence-electron chi connectivity index (χ1n) is 7.60. The lowest BCUT2D eigenvalue weighted by Gasteiger charge is -2.34. The average molecular weight is 293 g/mol. The molecular formula is C16H24FN3O. The van der Waals surface area contributed by atoms with Crippen molar-refractivity contribution in [1.82, 2.24) is 14.7 Å². The van der Waals surface area contributed by atoms with Gasteiger partial charge >= 0.3 is 0 Å². The van der Waals surface area contributed by atoms with Gasteiger partial charge in [-0.05, 0) is 12.6 Å². The number of hydrogen-bond acceptors (Lipinski definition) is 3. The molecule has 5 heteroatoms. The summed E-state index contributed by atoms with van der Waals surface area (Å²) in [5.74, 6) is -0.249. The van der Waals surface area contributed by atoms with Crippen molar-refractivity contribution in [2.75, 3.05) is 45.8 Å². The number of nitrogens with zero attached hydrogens (tertiary/aromatic N) is 3. The minimum Gasteiger partial charge on any atom is -0.340 e. The van der Waals surface area contributed by atoms with E-state index in [1.165, 1.54) is 6.07 Å². The maximum absolute atomic E-state index is 13.6. The van der Waals surface area contributed by atoms with Crippen molar-refractivity contribution in [1.29, 1.82) is 0 Å². The van der Waals surface area contributed by atoms with E-state index in [0.717, 1.165) is 45.7 Å². The highest BCUT2D eigenvalue weighted by Crippen LogP contribution is 2.09. The smallest absolute Gasteiger partial charge is 0.210 e. The Morgan fingerprint density at radius 2 is 1.86 bits per heavy atom. The third kappa shape index (κ3) is 4.79. The van der Waals surface area contributed by atoms with E-state index >= 15 is 0 Å². The van der Waals surface area contributed by atoms with Crippen LogP contribution in [0.2, 0.25) is 0 Å². The minimum absolute atomic E-state index is 0.249. The number of piperazine rings is 1. The zero-order valence-corrected chi connectivity index (χ0v) is 12.7. The van der Waals surface area contributed by atoms with Gasteiger partial charge < -0.3 is 9.80 Å². The zero-order valence-electron chi connectivity index (χ0n) is 12.7. The number of hydrogen-bond donors (Lipinski definition) is 0. The first-order chi connectivity index (χ1) is 10.2. The van der Waals surface area contributed by atoms with E-state index < -0.39 is 0 Å². The van der Waals surface area contributed by atoms with Crippen molar-refractivity contribution in [3.8, 4) is 0 Å². The summed E-state index contributed by atoms with van der Waals surface area (Å²) in [6.45, 7) is 9.37. The molecule has 0 atom stereocenters. The molecule has 1 aromatic carbocycles. The van der Waals surface area contributed by atoms with Gasteiger partial charge in [-0.25, -0.2) is 4.39 Å². The number of rotatable bonds is 7. The van der Waals surface area contributed by atoms with Crippen LogP contribution in [0, 0.1) is 5.82 Å². The standard InChI is InChI=1S/C16H24FN3O/c1-2-18-7-9-19(10-8-18)11-12-20(14-21)13-15-5-3-4-6-16(15)17/h3-6,14H,2,7-13H2,1H3. The lowest BCUT2D eigenvalue weighted by atomic mass is 10.2. The van der Waals surface area contributed by atoms with E-state index in [9.17, 15) is 9.18 Å². The molecule has 0 spiro atoms. The number of carbonyl (C=O) groups excluding carboxylic acids is 1. The molecule has 1 aromatic rings. The van der Waals surface area contributed by atoms with Crippen LogP contribution in [-0.4, -0.2) is 66.9 Å². The number of carbonyl (C=O) groups is 1. The lowest BCUT2D eigenvalue weighted by molar-refractivity contribution is -0.119. The molecule has 0 N–H and O–H groups in total. The normalized spacial score (nSPS) is 16.9. The maximum Gasteiger partial charge on any atom is 0.210 e. The van der Waals surface area contributed by atoms with Gasteiger partial charge in [-0.15, -0.1) is 0 Å². The van der Waals surface area contributed by atoms with Crippen molar-refractivity contribution in [3.05, 3.63) is 35.6 Å². The van der Waals surface area contributed by atoms with Gasteiger partial charge in [0.15, 0.2) is 0 Å². The Morgan fingerprint density at radius 1 is 1.19 bits per heavy atom. The van der Waals surface area contributed by atoms with Crippen molar-refractivity contribution < 1.29 is 9.18 Å². The third-order valence-corrected chi connectivity index (χ3v) is 4.10. The maximum atomic E-state index is 13.6. The van der Waals surface area contributed by atoms with E-state index in [1.54, 1.807) is 23.1 Å². The summed E-state index contributed by atoms with van der Waals surface area (Å²) in [6, 6.07) is 6.62. The van der Waals surface area contributed by atoms with Crippen molar-refractivity contribution in [3.63, 3.8) is 0 Å². The zero-order chi connectivity index (χ0) is 15.1. The van der Waals surface area contributed by atoms with Crippen molar-refractivity contribution in [2.24, 2.45) is 0 Å². The summed E-state index contributed by atoms with van der Waals surface area (Å²) in [5.41, 5.74) is 0.570. The lowest BCUT2D eigenvalue weighted by Crippen LogP contribution is -2.48. The number of halogens is 1. The van der Waals surface area contributed by atoms with Gasteiger partial charge in [-0.1, -0.05) is 25.1 Å². The average Bonchev–Trinajstić information content (AvgIpc) is 2.53. The first-order valence-corrected chi connectivity index (χ1v) is 7.60. The van der Waals surface area contributed by atoms with Crippen LogP contribution in [0.5, 0.6) is 0 Å². The summed E-state index contributed by atoms with van der Waals surface area (Å²) < 4.78 is 13.6. The van der Waals surface area contributed by atoms with Gasteiger partial charge in [0.25, 0.3) is 0 Å². The van der Waals surface area contributed by atoms with Crippen LogP contribution in [0.4, 0.5) is 4.39 Å². The highest BCUT2D eigenvalue weighted by atomic mass is 19.1. The molecule has 1 aliphatic heterocycles. The van der Waals surface area contributed by atoms with E-state index in [-0.39, 0.29) is 5.82 Å². The van der Waals surface area contributed by atoms with Crippen LogP contribution >= 0.6 is 0 Å². The predicted octanol–water partition coefficient (Wildman–Crippen LogP) is 1.42. The van der Waals surface area contributed by atoms with Crippen LogP contribution in [0.3, 0.4) is 0 Å². The van der Waals surface area contributed by atoms with E-state index in [1.807, 2.05) is 0 Å². The van der Waals surface area contributed by atoms with E-state index in [0.29, 0.717) is 18.7 Å². The highest BCUT2D eigenvalue weighted by molar-refractivity contribution is 5.47. The van der Waals surface area contributed by atoms with Crippen molar-refractivity contribution in [2.45, 2.75) is 13.5 Å². The molecule has 0 aromatic heterocycles. The van der Waals surface area contributed by atoms with E-state index in [4.69, 9.17) is 0 Å². The largest absolute Gasteiger partial charge is 0.340 e. The molecule has 1 saturated heterocycles. The summed E-state index contributed by atoms with van der Waals surface area (Å²) in [6.07, 6.45) is 0.814. The summed E-state index contributed by atoms with van der Waals surface area (Å²) in [4.78, 5) is 17.6. The Morgan fingerprint density at radius 3 is 2.48 bits per heavy atom. The molecule has 1 aliphatic rings. The molecule has 21 heavy (non-hydrogen) atoms. The molecule has 4 nitrogen and oxygen atoms in total. The Kier molecular flexibility index (Phi) is 6.14. The second kappa shape index (κ2) is 8.10. The Bertz CT molecular complexity index is 447. The van der Waals surface area contributed by atoms with Gasteiger partial charge in [-0.3, -0.25) is 9.69 Å². The molecule has 0 bridgehead atoms. The monoisotopic (exact) mass is 293 g/mol. The van der Waals surface area contributed by atoms with Gasteiger partial charge in [-0.2, -0.15) is 0 Å². The summed E-state index contributed by atoms with van der Waals surface area (Å²) in [7, 11) is 0. The third-order valence-electron chi connectivity index (χ3n) is 4.10. The summed E-state index contributed by atoms with van der Waals surface area (Å²) in [5, 5.41) is 0. The van der Waals surface area contributed by atoms with Crippen molar-refractivity contribution >= 4 is 6.41 Å². The van der Waals surface area contributed by atoms with Crippen LogP contribution in [0.1, 0.15) is 12.5 Å². The fraction of sp³-hybridized carbons (Fsp3) is 0.562. The Labute approximate surface area is 126 Å². The molecule has 116 valence electrons. The molecule has 0 unspecified atom stereocenters. The fourth-order valence-corrected chi connectivity index (χ4v) is 2.61. The minimum atomic E-state index is -0.249. The molecule has 1 fully saturated rings. The van der Waals surface area contributed by atoms with Crippen LogP contribution in [0.15, 0.2) is 24.3 Å². The van der Waals surface area contributed by atoms with Crippen LogP contribution < -0.4 is 0 Å². The number of benzene rings is 1. The second-order valence-electron chi connectivity index (χ2n) is 5.44. The number of likely N-dealkylation sites (N-methyl/N-ethyl adjacent to an activating group) is 1. The molecule has 0 aliphatic carbocycles. The predicted molar refractivity (Wildman–Crippen MR) is 81.4 cm³/mol. The van der Waals surface area contributed by atoms with E-state index in [2.05, 4.69) is 16.7 Å². The van der Waals surface area contributed by atoms with Gasteiger partial charge in [0.1, 0.15) is 5.82 Å². The van der Waals surface area contributed by atoms with Crippen LogP contribution in [-0.2, 0) is 11.3 Å². The van der Waals surface area contributed by atoms with Gasteiger partial charge in [0.05, 0.1) is 0 Å². The first kappa shape index (κ1) is 15.9. The summed E-state index contributed by atoms with van der Waals surface area (Å²) >= 11 is 0. The topological polar surface area (TPSA) is 26.8 Å². The SMILES string of the molecule is CCN1CCN(CCN(C=O)Cc2ccccc2F)CC1. The molecule has 2 rings (SSSR count). The molecule has 1 amide bonds. The molecule has 1 heterocycles. The molecule has 0 radical (unpaired) electrons. The number of amides is 1. The quantitative estimate of drug-likeness (QED) is 0.712. The van der Waals surface area contributed by atoms with Gasteiger partial charge in [0, 0.05) is 51.4 Å². The molecule has 0 saturated carbocycles. The van der Waals surface area contributed by atoms with Crippen LogP contribution in [0.25, 0.3) is 0 Å². The fourth-order valence-electron chi connectivity index (χ4n) is 2.61. The Hall–Kier alpha value is -1.46.